The molecule has 0 radical (unpaired) electrons. The molecule has 172 valence electrons. The van der Waals surface area contributed by atoms with E-state index < -0.39 is 0 Å². The van der Waals surface area contributed by atoms with E-state index in [0.717, 1.165) is 6.42 Å². The van der Waals surface area contributed by atoms with Gasteiger partial charge in [-0.15, -0.1) is 0 Å². The summed E-state index contributed by atoms with van der Waals surface area (Å²) in [6.45, 7) is 8.73. The van der Waals surface area contributed by atoms with Crippen molar-refractivity contribution in [1.29, 1.82) is 0 Å². The Morgan fingerprint density at radius 3 is 1.14 bits per heavy atom. The fourth-order valence-corrected chi connectivity index (χ4v) is 4.80. The van der Waals surface area contributed by atoms with E-state index >= 15 is 0 Å². The predicted octanol–water partition coefficient (Wildman–Crippen LogP) is 9.84. The molecule has 0 atom stereocenters. The molecule has 0 nitrogen and oxygen atoms in total. The largest absolute Gasteiger partial charge is 0.0613 e. The van der Waals surface area contributed by atoms with Crippen LogP contribution in [0.5, 0.6) is 0 Å². The van der Waals surface area contributed by atoms with E-state index in [-0.39, 0.29) is 0 Å². The summed E-state index contributed by atoms with van der Waals surface area (Å²) in [6.07, 6.45) is 1.00. The molecular formula is C35H32. The first kappa shape index (κ1) is 22.9. The van der Waals surface area contributed by atoms with Crippen LogP contribution in [-0.4, -0.2) is 0 Å². The molecule has 0 aliphatic rings. The van der Waals surface area contributed by atoms with Gasteiger partial charge in [0.2, 0.25) is 0 Å². The van der Waals surface area contributed by atoms with E-state index in [1.165, 1.54) is 66.8 Å². The number of aryl methyl sites for hydroxylation is 4. The lowest BCUT2D eigenvalue weighted by atomic mass is 9.89. The van der Waals surface area contributed by atoms with Crippen LogP contribution in [0.25, 0.3) is 44.5 Å². The van der Waals surface area contributed by atoms with Gasteiger partial charge in [0.05, 0.1) is 0 Å². The minimum atomic E-state index is 1.00. The minimum absolute atomic E-state index is 1.00. The molecule has 0 unspecified atom stereocenters. The average molecular weight is 453 g/mol. The Bertz CT molecular complexity index is 1430. The van der Waals surface area contributed by atoms with Gasteiger partial charge in [-0.05, 0) is 82.8 Å². The van der Waals surface area contributed by atoms with Crippen LogP contribution in [0.1, 0.15) is 29.2 Å². The lowest BCUT2D eigenvalue weighted by molar-refractivity contribution is 1.14. The first-order chi connectivity index (χ1) is 17.0. The van der Waals surface area contributed by atoms with Crippen molar-refractivity contribution in [2.45, 2.75) is 34.1 Å². The second kappa shape index (κ2) is 9.76. The van der Waals surface area contributed by atoms with Crippen LogP contribution < -0.4 is 0 Å². The van der Waals surface area contributed by atoms with Crippen molar-refractivity contribution in [1.82, 2.24) is 0 Å². The molecule has 0 saturated carbocycles. The van der Waals surface area contributed by atoms with Gasteiger partial charge in [0.25, 0.3) is 0 Å². The van der Waals surface area contributed by atoms with Gasteiger partial charge in [-0.1, -0.05) is 127 Å². The second-order valence-electron chi connectivity index (χ2n) is 9.56. The first-order valence-electron chi connectivity index (χ1n) is 12.5. The van der Waals surface area contributed by atoms with Crippen LogP contribution in [0.4, 0.5) is 0 Å². The fourth-order valence-electron chi connectivity index (χ4n) is 4.80. The number of rotatable bonds is 5. The highest BCUT2D eigenvalue weighted by Crippen LogP contribution is 2.34. The minimum Gasteiger partial charge on any atom is -0.0613 e. The van der Waals surface area contributed by atoms with Gasteiger partial charge in [-0.2, -0.15) is 0 Å². The molecule has 0 N–H and O–H groups in total. The molecule has 35 heavy (non-hydrogen) atoms. The SMILES string of the molecule is CCc1cc(-c2ccc(-c3ccc(C)cc3)cc2)c(C)cc1-c1ccc(-c2ccc(C)cc2)cc1. The maximum absolute atomic E-state index is 2.39. The molecule has 5 aromatic rings. The van der Waals surface area contributed by atoms with Crippen LogP contribution in [0.3, 0.4) is 0 Å². The fraction of sp³-hybridized carbons (Fsp3) is 0.143. The zero-order chi connectivity index (χ0) is 24.4. The molecule has 0 saturated heterocycles. The van der Waals surface area contributed by atoms with Crippen LogP contribution in [-0.2, 0) is 6.42 Å². The summed E-state index contributed by atoms with van der Waals surface area (Å²) < 4.78 is 0. The lowest BCUT2D eigenvalue weighted by Crippen LogP contribution is -1.93. The topological polar surface area (TPSA) is 0 Å². The predicted molar refractivity (Wildman–Crippen MR) is 152 cm³/mol. The summed E-state index contributed by atoms with van der Waals surface area (Å²) in [5, 5.41) is 0. The Morgan fingerprint density at radius 2 is 0.743 bits per heavy atom. The second-order valence-corrected chi connectivity index (χ2v) is 9.56. The summed E-state index contributed by atoms with van der Waals surface area (Å²) in [5.41, 5.74) is 15.5. The zero-order valence-electron chi connectivity index (χ0n) is 21.1. The molecule has 0 spiro atoms. The molecule has 0 amide bonds. The summed E-state index contributed by atoms with van der Waals surface area (Å²) in [6, 6.07) is 40.2. The van der Waals surface area contributed by atoms with Crippen molar-refractivity contribution in [3.8, 4) is 44.5 Å². The van der Waals surface area contributed by atoms with Crippen molar-refractivity contribution in [2.75, 3.05) is 0 Å². The monoisotopic (exact) mass is 452 g/mol. The van der Waals surface area contributed by atoms with Crippen molar-refractivity contribution >= 4 is 0 Å². The molecule has 0 aromatic heterocycles. The highest BCUT2D eigenvalue weighted by atomic mass is 14.2. The molecular weight excluding hydrogens is 420 g/mol. The summed E-state index contributed by atoms with van der Waals surface area (Å²) in [4.78, 5) is 0. The van der Waals surface area contributed by atoms with Gasteiger partial charge in [0.15, 0.2) is 0 Å². The van der Waals surface area contributed by atoms with Gasteiger partial charge in [0, 0.05) is 0 Å². The van der Waals surface area contributed by atoms with Crippen molar-refractivity contribution < 1.29 is 0 Å². The third-order valence-corrected chi connectivity index (χ3v) is 6.99. The Labute approximate surface area is 209 Å². The molecule has 0 aliphatic heterocycles. The standard InChI is InChI=1S/C35H32/c1-5-27-23-34(32-18-14-30(15-19-32)28-10-6-24(2)7-11-28)26(4)22-35(27)33-20-16-31(17-21-33)29-12-8-25(3)9-13-29/h6-23H,5H2,1-4H3. The number of hydrogen-bond acceptors (Lipinski definition) is 0. The van der Waals surface area contributed by atoms with E-state index in [4.69, 9.17) is 0 Å². The van der Waals surface area contributed by atoms with Crippen LogP contribution in [0, 0.1) is 20.8 Å². The van der Waals surface area contributed by atoms with Gasteiger partial charge < -0.3 is 0 Å². The van der Waals surface area contributed by atoms with Gasteiger partial charge >= 0.3 is 0 Å². The third kappa shape index (κ3) is 4.84. The van der Waals surface area contributed by atoms with E-state index in [1.54, 1.807) is 0 Å². The number of hydrogen-bond donors (Lipinski definition) is 0. The maximum atomic E-state index is 2.39. The molecule has 0 bridgehead atoms. The third-order valence-electron chi connectivity index (χ3n) is 6.99. The van der Waals surface area contributed by atoms with Crippen molar-refractivity contribution in [3.05, 3.63) is 131 Å². The normalized spacial score (nSPS) is 11.0. The highest BCUT2D eigenvalue weighted by Gasteiger charge is 2.11. The highest BCUT2D eigenvalue weighted by molar-refractivity contribution is 5.79. The van der Waals surface area contributed by atoms with Crippen molar-refractivity contribution in [2.24, 2.45) is 0 Å². The van der Waals surface area contributed by atoms with E-state index in [9.17, 15) is 0 Å². The van der Waals surface area contributed by atoms with Crippen LogP contribution in [0.15, 0.2) is 109 Å². The van der Waals surface area contributed by atoms with Crippen LogP contribution in [0.2, 0.25) is 0 Å². The Balaban J connectivity index is 1.45. The average Bonchev–Trinajstić information content (AvgIpc) is 2.90. The molecule has 5 aromatic carbocycles. The smallest absolute Gasteiger partial charge is 0.0149 e. The number of benzene rings is 5. The quantitative estimate of drug-likeness (QED) is 0.249. The first-order valence-corrected chi connectivity index (χ1v) is 12.5. The van der Waals surface area contributed by atoms with E-state index in [0.29, 0.717) is 0 Å². The van der Waals surface area contributed by atoms with E-state index in [2.05, 4.69) is 137 Å². The molecule has 5 rings (SSSR count). The molecule has 0 fully saturated rings. The Morgan fingerprint density at radius 1 is 0.400 bits per heavy atom. The van der Waals surface area contributed by atoms with Gasteiger partial charge in [-0.25, -0.2) is 0 Å². The van der Waals surface area contributed by atoms with Gasteiger partial charge in [0.1, 0.15) is 0 Å². The molecule has 0 aliphatic carbocycles. The van der Waals surface area contributed by atoms with Crippen molar-refractivity contribution in [3.63, 3.8) is 0 Å². The molecule has 0 heteroatoms. The van der Waals surface area contributed by atoms with E-state index in [1.807, 2.05) is 0 Å². The lowest BCUT2D eigenvalue weighted by Gasteiger charge is -2.15. The Kier molecular flexibility index (Phi) is 6.38. The zero-order valence-corrected chi connectivity index (χ0v) is 21.1. The summed E-state index contributed by atoms with van der Waals surface area (Å²) in [7, 11) is 0. The maximum Gasteiger partial charge on any atom is -0.0149 e. The summed E-state index contributed by atoms with van der Waals surface area (Å²) >= 11 is 0. The summed E-state index contributed by atoms with van der Waals surface area (Å²) in [5.74, 6) is 0. The van der Waals surface area contributed by atoms with Crippen LogP contribution >= 0.6 is 0 Å². The Hall–Kier alpha value is -3.90. The van der Waals surface area contributed by atoms with Gasteiger partial charge in [-0.3, -0.25) is 0 Å². The molecule has 0 heterocycles.